The molecule has 0 saturated carbocycles. The second-order valence-corrected chi connectivity index (χ2v) is 5.51. The van der Waals surface area contributed by atoms with E-state index in [1.165, 1.54) is 6.92 Å². The highest BCUT2D eigenvalue weighted by Gasteiger charge is 2.22. The van der Waals surface area contributed by atoms with Crippen LogP contribution in [0.4, 0.5) is 0 Å². The molecule has 2 N–H and O–H groups in total. The molecule has 0 fully saturated rings. The van der Waals surface area contributed by atoms with Gasteiger partial charge in [0.1, 0.15) is 11.9 Å². The van der Waals surface area contributed by atoms with Crippen molar-refractivity contribution >= 4 is 17.5 Å². The molecule has 0 unspecified atom stereocenters. The first-order valence-corrected chi connectivity index (χ1v) is 7.32. The number of carbonyl (C=O) groups is 2. The number of hydrogen-bond donors (Lipinski definition) is 2. The molecule has 2 rings (SSSR count). The normalized spacial score (nSPS) is 12.4. The van der Waals surface area contributed by atoms with Crippen LogP contribution in [0.1, 0.15) is 26.6 Å². The van der Waals surface area contributed by atoms with Crippen molar-refractivity contribution in [1.82, 2.24) is 25.2 Å². The summed E-state index contributed by atoms with van der Waals surface area (Å²) >= 11 is 0. The molecule has 0 spiro atoms. The summed E-state index contributed by atoms with van der Waals surface area (Å²) in [7, 11) is 0. The summed E-state index contributed by atoms with van der Waals surface area (Å²) in [6.45, 7) is 5.64. The minimum atomic E-state index is -0.521. The van der Waals surface area contributed by atoms with Crippen molar-refractivity contribution in [3.8, 4) is 0 Å². The number of carbonyl (C=O) groups excluding carboxylic acids is 2. The first-order valence-electron chi connectivity index (χ1n) is 7.32. The number of hydrogen-bond acceptors (Lipinski definition) is 4. The molecule has 2 aromatic rings. The highest BCUT2D eigenvalue weighted by atomic mass is 16.2. The second kappa shape index (κ2) is 7.02. The van der Waals surface area contributed by atoms with E-state index in [9.17, 15) is 9.59 Å². The van der Waals surface area contributed by atoms with Crippen LogP contribution in [0.25, 0.3) is 5.65 Å². The van der Waals surface area contributed by atoms with E-state index >= 15 is 0 Å². The van der Waals surface area contributed by atoms with Gasteiger partial charge in [0.2, 0.25) is 11.8 Å². The van der Waals surface area contributed by atoms with Crippen molar-refractivity contribution in [1.29, 1.82) is 0 Å². The van der Waals surface area contributed by atoms with Gasteiger partial charge in [-0.2, -0.15) is 0 Å². The quantitative estimate of drug-likeness (QED) is 0.815. The third-order valence-corrected chi connectivity index (χ3v) is 3.34. The van der Waals surface area contributed by atoms with Crippen molar-refractivity contribution in [2.24, 2.45) is 5.92 Å². The molecule has 118 valence electrons. The number of nitrogens with one attached hydrogen (secondary N) is 2. The lowest BCUT2D eigenvalue weighted by atomic mass is 10.0. The zero-order valence-corrected chi connectivity index (χ0v) is 13.0. The van der Waals surface area contributed by atoms with Crippen LogP contribution >= 0.6 is 0 Å². The van der Waals surface area contributed by atoms with Gasteiger partial charge in [0.25, 0.3) is 0 Å². The predicted molar refractivity (Wildman–Crippen MR) is 82.1 cm³/mol. The fraction of sp³-hybridized carbons (Fsp3) is 0.467. The number of amides is 2. The third-order valence-electron chi connectivity index (χ3n) is 3.34. The zero-order chi connectivity index (χ0) is 16.1. The Hall–Kier alpha value is -2.44. The van der Waals surface area contributed by atoms with Gasteiger partial charge in [-0.1, -0.05) is 19.9 Å². The first-order chi connectivity index (χ1) is 10.5. The summed E-state index contributed by atoms with van der Waals surface area (Å²) in [5.41, 5.74) is 0.780. The van der Waals surface area contributed by atoms with Crippen molar-refractivity contribution in [2.75, 3.05) is 6.54 Å². The van der Waals surface area contributed by atoms with Crippen molar-refractivity contribution < 1.29 is 9.59 Å². The smallest absolute Gasteiger partial charge is 0.242 e. The maximum Gasteiger partial charge on any atom is 0.242 e. The Kier molecular flexibility index (Phi) is 5.08. The highest BCUT2D eigenvalue weighted by Crippen LogP contribution is 2.04. The number of nitrogens with zero attached hydrogens (tertiary/aromatic N) is 3. The molecule has 22 heavy (non-hydrogen) atoms. The molecule has 0 aliphatic rings. The second-order valence-electron chi connectivity index (χ2n) is 5.51. The molecule has 0 aromatic carbocycles. The van der Waals surface area contributed by atoms with E-state index in [0.29, 0.717) is 13.0 Å². The average Bonchev–Trinajstić information content (AvgIpc) is 2.87. The third kappa shape index (κ3) is 3.81. The van der Waals surface area contributed by atoms with Crippen LogP contribution in [0.3, 0.4) is 0 Å². The van der Waals surface area contributed by atoms with E-state index < -0.39 is 6.04 Å². The summed E-state index contributed by atoms with van der Waals surface area (Å²) in [6, 6.07) is 5.16. The van der Waals surface area contributed by atoms with Gasteiger partial charge in [-0.15, -0.1) is 10.2 Å². The van der Waals surface area contributed by atoms with Crippen LogP contribution in [0.15, 0.2) is 24.4 Å². The maximum absolute atomic E-state index is 12.1. The molecule has 7 heteroatoms. The molecular formula is C15H21N5O2. The average molecular weight is 303 g/mol. The van der Waals surface area contributed by atoms with Gasteiger partial charge in [-0.05, 0) is 18.1 Å². The van der Waals surface area contributed by atoms with E-state index in [1.54, 1.807) is 0 Å². The summed E-state index contributed by atoms with van der Waals surface area (Å²) in [5, 5.41) is 13.7. The first kappa shape index (κ1) is 15.9. The van der Waals surface area contributed by atoms with Crippen LogP contribution in [-0.2, 0) is 16.0 Å². The molecule has 2 heterocycles. The van der Waals surface area contributed by atoms with Crippen LogP contribution in [0, 0.1) is 5.92 Å². The van der Waals surface area contributed by atoms with Crippen molar-refractivity contribution in [3.63, 3.8) is 0 Å². The zero-order valence-electron chi connectivity index (χ0n) is 13.0. The molecule has 0 bridgehead atoms. The van der Waals surface area contributed by atoms with E-state index in [4.69, 9.17) is 0 Å². The minimum absolute atomic E-state index is 0.0258. The number of rotatable bonds is 6. The largest absolute Gasteiger partial charge is 0.354 e. The van der Waals surface area contributed by atoms with Gasteiger partial charge in [-0.25, -0.2) is 0 Å². The summed E-state index contributed by atoms with van der Waals surface area (Å²) in [5.74, 6) is 0.422. The molecule has 1 atom stereocenters. The van der Waals surface area contributed by atoms with Crippen LogP contribution in [0.2, 0.25) is 0 Å². The Labute approximate surface area is 129 Å². The Morgan fingerprint density at radius 2 is 2.05 bits per heavy atom. The Balaban J connectivity index is 1.92. The summed E-state index contributed by atoms with van der Waals surface area (Å²) in [4.78, 5) is 23.3. The van der Waals surface area contributed by atoms with E-state index in [1.807, 2.05) is 42.6 Å². The molecule has 0 saturated heterocycles. The van der Waals surface area contributed by atoms with Crippen molar-refractivity contribution in [2.45, 2.75) is 33.2 Å². The van der Waals surface area contributed by atoms with E-state index in [-0.39, 0.29) is 17.7 Å². The topological polar surface area (TPSA) is 88.4 Å². The van der Waals surface area contributed by atoms with E-state index in [0.717, 1.165) is 11.5 Å². The van der Waals surface area contributed by atoms with Gasteiger partial charge in [0.05, 0.1) is 0 Å². The molecule has 0 aliphatic carbocycles. The Morgan fingerprint density at radius 1 is 1.27 bits per heavy atom. The standard InChI is InChI=1S/C15H21N5O2/c1-10(2)14(17-11(3)21)15(22)16-8-7-13-19-18-12-6-4-5-9-20(12)13/h4-6,9-10,14H,7-8H2,1-3H3,(H,16,22)(H,17,21)/t14-/m0/s1. The van der Waals surface area contributed by atoms with Gasteiger partial charge in [0, 0.05) is 26.1 Å². The number of pyridine rings is 1. The van der Waals surface area contributed by atoms with Crippen LogP contribution in [-0.4, -0.2) is 39.0 Å². The Morgan fingerprint density at radius 3 is 2.73 bits per heavy atom. The molecule has 7 nitrogen and oxygen atoms in total. The van der Waals surface area contributed by atoms with Crippen LogP contribution < -0.4 is 10.6 Å². The summed E-state index contributed by atoms with van der Waals surface area (Å²) in [6.07, 6.45) is 2.46. The summed E-state index contributed by atoms with van der Waals surface area (Å²) < 4.78 is 1.89. The van der Waals surface area contributed by atoms with Gasteiger partial charge in [-0.3, -0.25) is 14.0 Å². The molecular weight excluding hydrogens is 282 g/mol. The maximum atomic E-state index is 12.1. The molecule has 2 amide bonds. The highest BCUT2D eigenvalue weighted by molar-refractivity contribution is 5.87. The number of aromatic nitrogens is 3. The predicted octanol–water partition coefficient (Wildman–Crippen LogP) is 0.549. The van der Waals surface area contributed by atoms with Gasteiger partial charge in [0.15, 0.2) is 5.65 Å². The molecule has 2 aromatic heterocycles. The molecule has 0 aliphatic heterocycles. The lowest BCUT2D eigenvalue weighted by Gasteiger charge is -2.20. The Bertz CT molecular complexity index is 665. The monoisotopic (exact) mass is 303 g/mol. The molecule has 0 radical (unpaired) electrons. The lowest BCUT2D eigenvalue weighted by Crippen LogP contribution is -2.49. The van der Waals surface area contributed by atoms with E-state index in [2.05, 4.69) is 20.8 Å². The minimum Gasteiger partial charge on any atom is -0.354 e. The lowest BCUT2D eigenvalue weighted by molar-refractivity contribution is -0.129. The van der Waals surface area contributed by atoms with Gasteiger partial charge < -0.3 is 10.6 Å². The fourth-order valence-electron chi connectivity index (χ4n) is 2.22. The fourth-order valence-corrected chi connectivity index (χ4v) is 2.22. The van der Waals surface area contributed by atoms with Gasteiger partial charge >= 0.3 is 0 Å². The van der Waals surface area contributed by atoms with Crippen molar-refractivity contribution in [3.05, 3.63) is 30.2 Å². The number of fused-ring (bicyclic) bond motifs is 1. The SMILES string of the molecule is CC(=O)N[C@H](C(=O)NCCc1nnc2ccccn12)C(C)C. The van der Waals surface area contributed by atoms with Crippen LogP contribution in [0.5, 0.6) is 0 Å².